The molecule has 2 rings (SSSR count). The lowest BCUT2D eigenvalue weighted by Gasteiger charge is -2.09. The third-order valence-corrected chi connectivity index (χ3v) is 3.09. The van der Waals surface area contributed by atoms with Crippen molar-refractivity contribution >= 4 is 5.78 Å². The van der Waals surface area contributed by atoms with Gasteiger partial charge >= 0.3 is 0 Å². The van der Waals surface area contributed by atoms with Gasteiger partial charge in [-0.05, 0) is 30.4 Å². The summed E-state index contributed by atoms with van der Waals surface area (Å²) < 4.78 is 26.0. The van der Waals surface area contributed by atoms with E-state index in [4.69, 9.17) is 5.73 Å². The highest BCUT2D eigenvalue weighted by atomic mass is 19.1. The van der Waals surface area contributed by atoms with Crippen LogP contribution in [0.2, 0.25) is 0 Å². The smallest absolute Gasteiger partial charge is 0.138 e. The van der Waals surface area contributed by atoms with E-state index >= 15 is 0 Å². The largest absolute Gasteiger partial charge is 0.327 e. The number of hydrogen-bond acceptors (Lipinski definition) is 2. The van der Waals surface area contributed by atoms with Crippen molar-refractivity contribution in [2.45, 2.75) is 31.7 Å². The molecule has 1 aliphatic carbocycles. The van der Waals surface area contributed by atoms with Crippen molar-refractivity contribution in [1.29, 1.82) is 0 Å². The summed E-state index contributed by atoms with van der Waals surface area (Å²) in [7, 11) is 0. The van der Waals surface area contributed by atoms with E-state index < -0.39 is 11.6 Å². The molecule has 1 aromatic rings. The van der Waals surface area contributed by atoms with E-state index in [2.05, 4.69) is 0 Å². The van der Waals surface area contributed by atoms with Crippen LogP contribution in [-0.2, 0) is 11.2 Å². The molecule has 0 saturated heterocycles. The van der Waals surface area contributed by atoms with E-state index in [-0.39, 0.29) is 30.2 Å². The molecule has 2 N–H and O–H groups in total. The number of carbonyl (C=O) groups excluding carboxylic acids is 1. The summed E-state index contributed by atoms with van der Waals surface area (Å²) in [5, 5.41) is 0. The molecular weight excluding hydrogens is 224 g/mol. The standard InChI is InChI=1S/C13H15F2NO/c14-10-4-3-9(12(15)6-10)5-11(17)7-13(16)8-1-2-8/h3-4,6,8,13H,1-2,5,7,16H2. The molecule has 1 aromatic carbocycles. The number of hydrogen-bond donors (Lipinski definition) is 1. The van der Waals surface area contributed by atoms with E-state index in [1.165, 1.54) is 6.07 Å². The number of carbonyl (C=O) groups is 1. The Labute approximate surface area is 98.8 Å². The minimum Gasteiger partial charge on any atom is -0.327 e. The van der Waals surface area contributed by atoms with Crippen LogP contribution < -0.4 is 5.73 Å². The summed E-state index contributed by atoms with van der Waals surface area (Å²) >= 11 is 0. The van der Waals surface area contributed by atoms with Crippen molar-refractivity contribution in [3.63, 3.8) is 0 Å². The van der Waals surface area contributed by atoms with Crippen molar-refractivity contribution in [3.8, 4) is 0 Å². The quantitative estimate of drug-likeness (QED) is 0.856. The fourth-order valence-electron chi connectivity index (χ4n) is 1.90. The molecule has 1 fully saturated rings. The zero-order valence-corrected chi connectivity index (χ0v) is 9.46. The summed E-state index contributed by atoms with van der Waals surface area (Å²) in [6.45, 7) is 0. The van der Waals surface area contributed by atoms with Crippen molar-refractivity contribution < 1.29 is 13.6 Å². The van der Waals surface area contributed by atoms with Crippen molar-refractivity contribution in [2.24, 2.45) is 11.7 Å². The third-order valence-electron chi connectivity index (χ3n) is 3.09. The van der Waals surface area contributed by atoms with Gasteiger partial charge in [-0.25, -0.2) is 8.78 Å². The van der Waals surface area contributed by atoms with Crippen LogP contribution >= 0.6 is 0 Å². The van der Waals surface area contributed by atoms with E-state index in [0.29, 0.717) is 5.92 Å². The first kappa shape index (κ1) is 12.2. The van der Waals surface area contributed by atoms with E-state index in [1.54, 1.807) is 0 Å². The lowest BCUT2D eigenvalue weighted by molar-refractivity contribution is -0.118. The molecule has 0 heterocycles. The molecular formula is C13H15F2NO. The summed E-state index contributed by atoms with van der Waals surface area (Å²) in [4.78, 5) is 11.7. The van der Waals surface area contributed by atoms with Crippen LogP contribution in [0.4, 0.5) is 8.78 Å². The van der Waals surface area contributed by atoms with Crippen LogP contribution in [0.1, 0.15) is 24.8 Å². The molecule has 0 amide bonds. The molecule has 1 saturated carbocycles. The zero-order chi connectivity index (χ0) is 12.4. The Bertz CT molecular complexity index is 429. The van der Waals surface area contributed by atoms with Gasteiger partial charge in [-0.15, -0.1) is 0 Å². The average molecular weight is 239 g/mol. The molecule has 17 heavy (non-hydrogen) atoms. The van der Waals surface area contributed by atoms with Crippen LogP contribution in [0.5, 0.6) is 0 Å². The van der Waals surface area contributed by atoms with E-state index in [0.717, 1.165) is 25.0 Å². The topological polar surface area (TPSA) is 43.1 Å². The number of rotatable bonds is 5. The maximum Gasteiger partial charge on any atom is 0.138 e. The molecule has 0 bridgehead atoms. The van der Waals surface area contributed by atoms with Gasteiger partial charge < -0.3 is 5.73 Å². The Morgan fingerprint density at radius 2 is 2.12 bits per heavy atom. The van der Waals surface area contributed by atoms with Crippen molar-refractivity contribution in [2.75, 3.05) is 0 Å². The lowest BCUT2D eigenvalue weighted by atomic mass is 10.0. The first-order valence-corrected chi connectivity index (χ1v) is 5.77. The Morgan fingerprint density at radius 1 is 1.41 bits per heavy atom. The molecule has 1 atom stereocenters. The summed E-state index contributed by atoms with van der Waals surface area (Å²) in [6, 6.07) is 3.16. The highest BCUT2D eigenvalue weighted by Gasteiger charge is 2.29. The first-order chi connectivity index (χ1) is 8.06. The Hall–Kier alpha value is -1.29. The summed E-state index contributed by atoms with van der Waals surface area (Å²) in [5.41, 5.74) is 6.06. The van der Waals surface area contributed by atoms with Crippen LogP contribution in [-0.4, -0.2) is 11.8 Å². The SMILES string of the molecule is NC(CC(=O)Cc1ccc(F)cc1F)C1CC1. The summed E-state index contributed by atoms with van der Waals surface area (Å²) in [5.74, 6) is -0.932. The second-order valence-corrected chi connectivity index (χ2v) is 4.66. The number of ketones is 1. The highest BCUT2D eigenvalue weighted by Crippen LogP contribution is 2.33. The molecule has 1 aliphatic rings. The molecule has 4 heteroatoms. The molecule has 0 radical (unpaired) electrons. The van der Waals surface area contributed by atoms with Gasteiger partial charge in [0.05, 0.1) is 0 Å². The highest BCUT2D eigenvalue weighted by molar-refractivity contribution is 5.81. The van der Waals surface area contributed by atoms with Crippen LogP contribution in [0.3, 0.4) is 0 Å². The van der Waals surface area contributed by atoms with Gasteiger partial charge in [0.2, 0.25) is 0 Å². The molecule has 92 valence electrons. The number of nitrogens with two attached hydrogens (primary N) is 1. The third kappa shape index (κ3) is 3.33. The van der Waals surface area contributed by atoms with Crippen molar-refractivity contribution in [3.05, 3.63) is 35.4 Å². The lowest BCUT2D eigenvalue weighted by Crippen LogP contribution is -2.26. The second-order valence-electron chi connectivity index (χ2n) is 4.66. The molecule has 0 spiro atoms. The average Bonchev–Trinajstić information content (AvgIpc) is 3.05. The molecule has 2 nitrogen and oxygen atoms in total. The van der Waals surface area contributed by atoms with Crippen LogP contribution in [0, 0.1) is 17.6 Å². The molecule has 1 unspecified atom stereocenters. The minimum atomic E-state index is -0.668. The van der Waals surface area contributed by atoms with Crippen LogP contribution in [0.15, 0.2) is 18.2 Å². The fourth-order valence-corrected chi connectivity index (χ4v) is 1.90. The van der Waals surface area contributed by atoms with Gasteiger partial charge in [-0.1, -0.05) is 6.07 Å². The monoisotopic (exact) mass is 239 g/mol. The van der Waals surface area contributed by atoms with E-state index in [9.17, 15) is 13.6 Å². The molecule has 0 aliphatic heterocycles. The van der Waals surface area contributed by atoms with E-state index in [1.807, 2.05) is 0 Å². The van der Waals surface area contributed by atoms with Gasteiger partial charge in [0.1, 0.15) is 17.4 Å². The van der Waals surface area contributed by atoms with Gasteiger partial charge in [-0.3, -0.25) is 4.79 Å². The maximum absolute atomic E-state index is 13.3. The normalized spacial score (nSPS) is 16.9. The number of halogens is 2. The van der Waals surface area contributed by atoms with Gasteiger partial charge in [0.25, 0.3) is 0 Å². The Balaban J connectivity index is 1.92. The Kier molecular flexibility index (Phi) is 3.52. The van der Waals surface area contributed by atoms with Gasteiger partial charge in [0, 0.05) is 24.9 Å². The first-order valence-electron chi connectivity index (χ1n) is 5.77. The van der Waals surface area contributed by atoms with Crippen molar-refractivity contribution in [1.82, 2.24) is 0 Å². The van der Waals surface area contributed by atoms with Gasteiger partial charge in [-0.2, -0.15) is 0 Å². The number of Topliss-reactive ketones (excluding diaryl/α,β-unsaturated/α-hetero) is 1. The zero-order valence-electron chi connectivity index (χ0n) is 9.46. The predicted octanol–water partition coefficient (Wildman–Crippen LogP) is 2.20. The minimum absolute atomic E-state index is 0.00741. The summed E-state index contributed by atoms with van der Waals surface area (Å²) in [6.07, 6.45) is 2.44. The molecule has 0 aromatic heterocycles. The predicted molar refractivity (Wildman–Crippen MR) is 60.4 cm³/mol. The fraction of sp³-hybridized carbons (Fsp3) is 0.462. The maximum atomic E-state index is 13.3. The van der Waals surface area contributed by atoms with Gasteiger partial charge in [0.15, 0.2) is 0 Å². The number of benzene rings is 1. The Morgan fingerprint density at radius 3 is 2.71 bits per heavy atom. The second kappa shape index (κ2) is 4.92. The van der Waals surface area contributed by atoms with Crippen LogP contribution in [0.25, 0.3) is 0 Å².